The van der Waals surface area contributed by atoms with Crippen LogP contribution in [0.4, 0.5) is 0 Å². The average molecular weight is 312 g/mol. The highest BCUT2D eigenvalue weighted by atomic mass is 16.3. The van der Waals surface area contributed by atoms with E-state index < -0.39 is 0 Å². The lowest BCUT2D eigenvalue weighted by atomic mass is 10.2. The summed E-state index contributed by atoms with van der Waals surface area (Å²) < 4.78 is 0. The van der Waals surface area contributed by atoms with E-state index in [-0.39, 0.29) is 12.6 Å². The van der Waals surface area contributed by atoms with Crippen molar-refractivity contribution < 1.29 is 9.90 Å². The summed E-state index contributed by atoms with van der Waals surface area (Å²) in [5, 5.41) is 17.6. The molecule has 23 heavy (non-hydrogen) atoms. The van der Waals surface area contributed by atoms with E-state index in [2.05, 4.69) is 38.2 Å². The van der Waals surface area contributed by atoms with E-state index in [0.717, 1.165) is 6.08 Å². The third kappa shape index (κ3) is 27.9. The lowest BCUT2D eigenvalue weighted by molar-refractivity contribution is -0.117. The van der Waals surface area contributed by atoms with E-state index in [4.69, 9.17) is 10.4 Å². The first-order valence-electron chi connectivity index (χ1n) is 6.50. The standard InChI is InChI=1S/C8H8.C4H7NO2.C4H6.C3H3N/c1-2-8-6-4-3-5-7-8;1-2-4(7)5-3-6;1-3-4-2;1-2-3-4/h2-7H,1H2;2,6H,1,3H2,(H,5,7);3-4H,1-2H2;2H,1H2. The topological polar surface area (TPSA) is 73.1 Å². The predicted molar refractivity (Wildman–Crippen MR) is 98.2 cm³/mol. The van der Waals surface area contributed by atoms with E-state index >= 15 is 0 Å². The first kappa shape index (κ1) is 24.8. The fourth-order valence-corrected chi connectivity index (χ4v) is 0.739. The van der Waals surface area contributed by atoms with Crippen LogP contribution in [0.5, 0.6) is 0 Å². The van der Waals surface area contributed by atoms with Crippen molar-refractivity contribution in [3.63, 3.8) is 0 Å². The van der Waals surface area contributed by atoms with Crippen molar-refractivity contribution in [1.82, 2.24) is 5.32 Å². The summed E-state index contributed by atoms with van der Waals surface area (Å²) in [5.74, 6) is -0.359. The van der Waals surface area contributed by atoms with E-state index in [1.54, 1.807) is 18.2 Å². The Kier molecular flexibility index (Phi) is 25.8. The molecular formula is C19H24N2O2. The summed E-state index contributed by atoms with van der Waals surface area (Å²) in [6.07, 6.45) is 7.39. The van der Waals surface area contributed by atoms with Crippen LogP contribution in [0.3, 0.4) is 0 Å². The number of carbonyl (C=O) groups excluding carboxylic acids is 1. The zero-order chi connectivity index (χ0) is 18.3. The molecule has 0 radical (unpaired) electrons. The molecule has 1 aromatic carbocycles. The van der Waals surface area contributed by atoms with Gasteiger partial charge < -0.3 is 10.4 Å². The van der Waals surface area contributed by atoms with Gasteiger partial charge in [-0.25, -0.2) is 0 Å². The minimum absolute atomic E-state index is 0.329. The van der Waals surface area contributed by atoms with Crippen molar-refractivity contribution in [3.8, 4) is 6.07 Å². The van der Waals surface area contributed by atoms with Gasteiger partial charge >= 0.3 is 0 Å². The zero-order valence-corrected chi connectivity index (χ0v) is 13.3. The second kappa shape index (κ2) is 23.9. The minimum atomic E-state index is -0.359. The second-order valence-electron chi connectivity index (χ2n) is 3.32. The molecule has 0 aromatic heterocycles. The summed E-state index contributed by atoms with van der Waals surface area (Å²) in [7, 11) is 0. The number of amides is 1. The zero-order valence-electron chi connectivity index (χ0n) is 13.3. The highest BCUT2D eigenvalue weighted by Gasteiger charge is 1.84. The molecule has 0 aliphatic carbocycles. The van der Waals surface area contributed by atoms with Crippen molar-refractivity contribution in [2.24, 2.45) is 0 Å². The molecule has 0 saturated carbocycles. The lowest BCUT2D eigenvalue weighted by Crippen LogP contribution is -2.20. The van der Waals surface area contributed by atoms with Crippen LogP contribution in [0, 0.1) is 11.3 Å². The molecule has 4 heteroatoms. The molecule has 0 bridgehead atoms. The van der Waals surface area contributed by atoms with Crippen molar-refractivity contribution in [2.45, 2.75) is 0 Å². The SMILES string of the molecule is C=CC#N.C=CC(=O)NCO.C=CC=C.C=Cc1ccccc1. The number of aliphatic hydroxyl groups excluding tert-OH is 1. The Bertz CT molecular complexity index is 494. The van der Waals surface area contributed by atoms with Crippen molar-refractivity contribution in [3.05, 3.63) is 93.1 Å². The Hall–Kier alpha value is -3.16. The number of nitriles is 1. The van der Waals surface area contributed by atoms with Crippen LogP contribution in [0.1, 0.15) is 5.56 Å². The Morgan fingerprint density at radius 3 is 1.78 bits per heavy atom. The molecule has 4 nitrogen and oxygen atoms in total. The molecular weight excluding hydrogens is 288 g/mol. The summed E-state index contributed by atoms with van der Waals surface area (Å²) in [6.45, 7) is 16.3. The monoisotopic (exact) mass is 312 g/mol. The summed E-state index contributed by atoms with van der Waals surface area (Å²) in [6, 6.07) is 11.7. The Morgan fingerprint density at radius 2 is 1.61 bits per heavy atom. The van der Waals surface area contributed by atoms with E-state index in [9.17, 15) is 4.79 Å². The Balaban J connectivity index is -0.000000245. The quantitative estimate of drug-likeness (QED) is 0.386. The fourth-order valence-electron chi connectivity index (χ4n) is 0.739. The second-order valence-corrected chi connectivity index (χ2v) is 3.32. The van der Waals surface area contributed by atoms with Gasteiger partial charge in [0.15, 0.2) is 0 Å². The van der Waals surface area contributed by atoms with E-state index in [0.29, 0.717) is 0 Å². The number of nitrogens with zero attached hydrogens (tertiary/aromatic N) is 1. The van der Waals surface area contributed by atoms with Crippen molar-refractivity contribution in [2.75, 3.05) is 6.73 Å². The highest BCUT2D eigenvalue weighted by Crippen LogP contribution is 1.97. The molecule has 1 amide bonds. The van der Waals surface area contributed by atoms with Gasteiger partial charge in [-0.3, -0.25) is 4.79 Å². The van der Waals surface area contributed by atoms with Gasteiger partial charge in [0.2, 0.25) is 5.91 Å². The molecule has 0 unspecified atom stereocenters. The number of benzene rings is 1. The molecule has 0 aliphatic heterocycles. The number of hydrogen-bond acceptors (Lipinski definition) is 3. The minimum Gasteiger partial charge on any atom is -0.376 e. The lowest BCUT2D eigenvalue weighted by Gasteiger charge is -1.89. The van der Waals surface area contributed by atoms with Crippen LogP contribution in [0.15, 0.2) is 87.5 Å². The average Bonchev–Trinajstić information content (AvgIpc) is 2.63. The Morgan fingerprint density at radius 1 is 1.13 bits per heavy atom. The van der Waals surface area contributed by atoms with Gasteiger partial charge in [-0.2, -0.15) is 5.26 Å². The highest BCUT2D eigenvalue weighted by molar-refractivity contribution is 5.86. The van der Waals surface area contributed by atoms with Gasteiger partial charge in [0, 0.05) is 6.08 Å². The van der Waals surface area contributed by atoms with Crippen LogP contribution in [-0.2, 0) is 4.79 Å². The van der Waals surface area contributed by atoms with Crippen LogP contribution >= 0.6 is 0 Å². The number of hydrogen-bond donors (Lipinski definition) is 2. The number of carbonyl (C=O) groups is 1. The third-order valence-corrected chi connectivity index (χ3v) is 1.73. The molecule has 1 rings (SSSR count). The molecule has 2 N–H and O–H groups in total. The van der Waals surface area contributed by atoms with Gasteiger partial charge in [0.1, 0.15) is 6.73 Å². The number of nitrogens with one attached hydrogen (secondary N) is 1. The fraction of sp³-hybridized carbons (Fsp3) is 0.0526. The summed E-state index contributed by atoms with van der Waals surface area (Å²) >= 11 is 0. The maximum absolute atomic E-state index is 10.0. The third-order valence-electron chi connectivity index (χ3n) is 1.73. The van der Waals surface area contributed by atoms with E-state index in [1.165, 1.54) is 11.6 Å². The molecule has 0 saturated heterocycles. The molecule has 122 valence electrons. The van der Waals surface area contributed by atoms with Crippen LogP contribution in [0.25, 0.3) is 6.08 Å². The first-order chi connectivity index (χ1) is 11.1. The van der Waals surface area contributed by atoms with Gasteiger partial charge in [-0.05, 0) is 11.6 Å². The van der Waals surface area contributed by atoms with Gasteiger partial charge in [-0.1, -0.05) is 81.5 Å². The van der Waals surface area contributed by atoms with Gasteiger partial charge in [0.25, 0.3) is 0 Å². The number of allylic oxidation sites excluding steroid dienone is 3. The van der Waals surface area contributed by atoms with Crippen LogP contribution < -0.4 is 5.32 Å². The predicted octanol–water partition coefficient (Wildman–Crippen LogP) is 3.62. The van der Waals surface area contributed by atoms with Crippen LogP contribution in [0.2, 0.25) is 0 Å². The normalized spacial score (nSPS) is 6.78. The molecule has 1 aromatic rings. The summed E-state index contributed by atoms with van der Waals surface area (Å²) in [5.41, 5.74) is 1.17. The molecule has 0 aliphatic rings. The first-order valence-corrected chi connectivity index (χ1v) is 6.50. The Labute approximate surface area is 139 Å². The van der Waals surface area contributed by atoms with Crippen molar-refractivity contribution in [1.29, 1.82) is 5.26 Å². The summed E-state index contributed by atoms with van der Waals surface area (Å²) in [4.78, 5) is 10.0. The van der Waals surface area contributed by atoms with Crippen molar-refractivity contribution >= 4 is 12.0 Å². The van der Waals surface area contributed by atoms with E-state index in [1.807, 2.05) is 36.4 Å². The maximum Gasteiger partial charge on any atom is 0.245 e. The number of rotatable bonds is 4. The molecule has 0 fully saturated rings. The van der Waals surface area contributed by atoms with Crippen LogP contribution in [-0.4, -0.2) is 17.7 Å². The smallest absolute Gasteiger partial charge is 0.245 e. The number of aliphatic hydroxyl groups is 1. The largest absolute Gasteiger partial charge is 0.376 e. The van der Waals surface area contributed by atoms with Gasteiger partial charge in [0.05, 0.1) is 6.07 Å². The van der Waals surface area contributed by atoms with Gasteiger partial charge in [-0.15, -0.1) is 0 Å². The molecule has 0 heterocycles. The molecule has 0 spiro atoms. The molecule has 0 atom stereocenters. The maximum atomic E-state index is 10.0.